The van der Waals surface area contributed by atoms with Gasteiger partial charge in [-0.25, -0.2) is 14.6 Å². The second-order valence-electron chi connectivity index (χ2n) is 6.71. The van der Waals surface area contributed by atoms with Crippen LogP contribution >= 0.6 is 0 Å². The zero-order valence-corrected chi connectivity index (χ0v) is 11.2. The molecule has 4 fully saturated rings. The number of hydrogen-bond donors (Lipinski definition) is 1. The van der Waals surface area contributed by atoms with E-state index in [1.165, 1.54) is 23.3 Å². The minimum absolute atomic E-state index is 0.0510. The monoisotopic (exact) mass is 274 g/mol. The maximum Gasteiger partial charge on any atom is 0.352 e. The number of nitrogens with zero attached hydrogens (tertiary/aromatic N) is 2. The zero-order chi connectivity index (χ0) is 13.9. The Bertz CT molecular complexity index is 594. The third-order valence-electron chi connectivity index (χ3n) is 5.58. The van der Waals surface area contributed by atoms with Gasteiger partial charge in [0.25, 0.3) is 0 Å². The molecule has 5 nitrogen and oxygen atoms in total. The van der Waals surface area contributed by atoms with Crippen LogP contribution in [0.15, 0.2) is 17.1 Å². The molecule has 1 aromatic rings. The highest BCUT2D eigenvalue weighted by molar-refractivity contribution is 5.85. The Morgan fingerprint density at radius 1 is 1.15 bits per heavy atom. The van der Waals surface area contributed by atoms with Gasteiger partial charge in [-0.2, -0.15) is 0 Å². The normalized spacial score (nSPS) is 38.1. The lowest BCUT2D eigenvalue weighted by atomic mass is 9.54. The van der Waals surface area contributed by atoms with Crippen LogP contribution in [0.4, 0.5) is 0 Å². The lowest BCUT2D eigenvalue weighted by Gasteiger charge is -2.54. The van der Waals surface area contributed by atoms with Gasteiger partial charge in [0, 0.05) is 12.2 Å². The number of carboxylic acids is 1. The van der Waals surface area contributed by atoms with E-state index in [1.807, 2.05) is 0 Å². The van der Waals surface area contributed by atoms with Gasteiger partial charge in [0.05, 0.1) is 0 Å². The Kier molecular flexibility index (Phi) is 2.53. The number of aromatic carboxylic acids is 1. The van der Waals surface area contributed by atoms with Crippen LogP contribution in [-0.4, -0.2) is 20.6 Å². The van der Waals surface area contributed by atoms with E-state index in [9.17, 15) is 14.7 Å². The second-order valence-corrected chi connectivity index (χ2v) is 6.71. The molecular weight excluding hydrogens is 256 g/mol. The molecule has 1 aromatic heterocycles. The van der Waals surface area contributed by atoms with Gasteiger partial charge in [-0.1, -0.05) is 0 Å². The largest absolute Gasteiger partial charge is 0.477 e. The third kappa shape index (κ3) is 1.65. The van der Waals surface area contributed by atoms with E-state index in [0.29, 0.717) is 11.8 Å². The van der Waals surface area contributed by atoms with Gasteiger partial charge in [0.15, 0.2) is 0 Å². The topological polar surface area (TPSA) is 72.2 Å². The fourth-order valence-electron chi connectivity index (χ4n) is 5.20. The SMILES string of the molecule is O=C(O)c1ccnc(=O)n1C1C2CC3CC(C2)CC1C3. The summed E-state index contributed by atoms with van der Waals surface area (Å²) in [6, 6.07) is 1.50. The van der Waals surface area contributed by atoms with Gasteiger partial charge in [-0.15, -0.1) is 0 Å². The van der Waals surface area contributed by atoms with Gasteiger partial charge in [0.1, 0.15) is 5.69 Å². The molecule has 0 spiro atoms. The van der Waals surface area contributed by atoms with Crippen LogP contribution in [0.5, 0.6) is 0 Å². The average molecular weight is 274 g/mol. The standard InChI is InChI=1S/C15H18N2O3/c18-14(19)12-1-2-16-15(20)17(12)13-10-4-8-3-9(6-10)7-11(13)5-8/h1-2,8-11,13H,3-7H2,(H,18,19). The summed E-state index contributed by atoms with van der Waals surface area (Å²) in [5, 5.41) is 9.36. The van der Waals surface area contributed by atoms with Crippen molar-refractivity contribution in [3.63, 3.8) is 0 Å². The minimum Gasteiger partial charge on any atom is -0.477 e. The molecule has 4 aliphatic rings. The Morgan fingerprint density at radius 3 is 2.30 bits per heavy atom. The Hall–Kier alpha value is -1.65. The van der Waals surface area contributed by atoms with Crippen LogP contribution in [0.25, 0.3) is 0 Å². The summed E-state index contributed by atoms with van der Waals surface area (Å²) < 4.78 is 1.48. The van der Waals surface area contributed by atoms with E-state index in [-0.39, 0.29) is 11.7 Å². The maximum absolute atomic E-state index is 12.2. The first-order chi connectivity index (χ1) is 9.63. The molecule has 1 N–H and O–H groups in total. The van der Waals surface area contributed by atoms with Crippen LogP contribution in [-0.2, 0) is 0 Å². The lowest BCUT2D eigenvalue weighted by Crippen LogP contribution is -2.49. The van der Waals surface area contributed by atoms with Gasteiger partial charge in [0.2, 0.25) is 0 Å². The molecule has 0 atom stereocenters. The van der Waals surface area contributed by atoms with Crippen LogP contribution in [0.3, 0.4) is 0 Å². The molecule has 106 valence electrons. The molecule has 0 unspecified atom stereocenters. The van der Waals surface area contributed by atoms with Crippen molar-refractivity contribution in [2.24, 2.45) is 23.7 Å². The second kappa shape index (κ2) is 4.17. The summed E-state index contributed by atoms with van der Waals surface area (Å²) in [4.78, 5) is 27.4. The molecule has 0 amide bonds. The molecule has 0 saturated heterocycles. The zero-order valence-electron chi connectivity index (χ0n) is 11.2. The molecule has 4 bridgehead atoms. The van der Waals surface area contributed by atoms with E-state index in [1.54, 1.807) is 0 Å². The number of hydrogen-bond acceptors (Lipinski definition) is 3. The molecular formula is C15H18N2O3. The maximum atomic E-state index is 12.2. The molecule has 4 saturated carbocycles. The summed E-state index contributed by atoms with van der Waals surface area (Å²) in [5.41, 5.74) is -0.301. The Labute approximate surface area is 116 Å². The summed E-state index contributed by atoms with van der Waals surface area (Å²) in [6.07, 6.45) is 7.25. The predicted octanol–water partition coefficient (Wildman–Crippen LogP) is 1.94. The highest BCUT2D eigenvalue weighted by Crippen LogP contribution is 2.58. The first-order valence-electron chi connectivity index (χ1n) is 7.44. The number of rotatable bonds is 2. The van der Waals surface area contributed by atoms with Crippen LogP contribution in [0.2, 0.25) is 0 Å². The fourth-order valence-corrected chi connectivity index (χ4v) is 5.20. The van der Waals surface area contributed by atoms with Crippen molar-refractivity contribution in [2.75, 3.05) is 0 Å². The molecule has 5 heteroatoms. The van der Waals surface area contributed by atoms with Crippen molar-refractivity contribution >= 4 is 5.97 Å². The van der Waals surface area contributed by atoms with E-state index in [0.717, 1.165) is 37.5 Å². The van der Waals surface area contributed by atoms with Crippen LogP contribution in [0, 0.1) is 23.7 Å². The molecule has 4 aliphatic carbocycles. The van der Waals surface area contributed by atoms with Gasteiger partial charge < -0.3 is 5.11 Å². The number of carbonyl (C=O) groups is 1. The molecule has 5 rings (SSSR count). The summed E-state index contributed by atoms with van der Waals surface area (Å²) in [5.74, 6) is 1.50. The minimum atomic E-state index is -1.03. The highest BCUT2D eigenvalue weighted by Gasteiger charge is 2.49. The van der Waals surface area contributed by atoms with Gasteiger partial charge >= 0.3 is 11.7 Å². The van der Waals surface area contributed by atoms with Crippen LogP contribution in [0.1, 0.15) is 48.6 Å². The Morgan fingerprint density at radius 2 is 1.75 bits per heavy atom. The molecule has 0 radical (unpaired) electrons. The first kappa shape index (κ1) is 12.1. The van der Waals surface area contributed by atoms with E-state index in [4.69, 9.17) is 0 Å². The molecule has 0 aromatic carbocycles. The summed E-state index contributed by atoms with van der Waals surface area (Å²) >= 11 is 0. The van der Waals surface area contributed by atoms with Crippen molar-refractivity contribution < 1.29 is 9.90 Å². The first-order valence-corrected chi connectivity index (χ1v) is 7.44. The van der Waals surface area contributed by atoms with Gasteiger partial charge in [-0.05, 0) is 61.8 Å². The quantitative estimate of drug-likeness (QED) is 0.894. The summed E-state index contributed by atoms with van der Waals surface area (Å²) in [6.45, 7) is 0. The predicted molar refractivity (Wildman–Crippen MR) is 71.5 cm³/mol. The number of aromatic nitrogens is 2. The Balaban J connectivity index is 1.82. The number of carboxylic acid groups (broad SMARTS) is 1. The van der Waals surface area contributed by atoms with Crippen molar-refractivity contribution in [3.05, 3.63) is 28.4 Å². The third-order valence-corrected chi connectivity index (χ3v) is 5.58. The highest BCUT2D eigenvalue weighted by atomic mass is 16.4. The molecule has 20 heavy (non-hydrogen) atoms. The van der Waals surface area contributed by atoms with Crippen molar-refractivity contribution in [2.45, 2.75) is 38.1 Å². The van der Waals surface area contributed by atoms with Crippen molar-refractivity contribution in [1.29, 1.82) is 0 Å². The summed E-state index contributed by atoms with van der Waals surface area (Å²) in [7, 11) is 0. The van der Waals surface area contributed by atoms with Crippen molar-refractivity contribution in [1.82, 2.24) is 9.55 Å². The smallest absolute Gasteiger partial charge is 0.352 e. The van der Waals surface area contributed by atoms with E-state index >= 15 is 0 Å². The molecule has 1 heterocycles. The van der Waals surface area contributed by atoms with E-state index in [2.05, 4.69) is 4.98 Å². The average Bonchev–Trinajstić information content (AvgIpc) is 2.38. The fraction of sp³-hybridized carbons (Fsp3) is 0.667. The molecule has 0 aliphatic heterocycles. The lowest BCUT2D eigenvalue weighted by molar-refractivity contribution is -0.0319. The van der Waals surface area contributed by atoms with Gasteiger partial charge in [-0.3, -0.25) is 4.57 Å². The van der Waals surface area contributed by atoms with Crippen molar-refractivity contribution in [3.8, 4) is 0 Å². The van der Waals surface area contributed by atoms with E-state index < -0.39 is 11.7 Å². The van der Waals surface area contributed by atoms with Crippen LogP contribution < -0.4 is 5.69 Å².